The Morgan fingerprint density at radius 3 is 2.70 bits per heavy atom. The largest absolute Gasteiger partial charge is 0.359 e. The molecule has 3 nitrogen and oxygen atoms in total. The second-order valence-corrected chi connectivity index (χ2v) is 2.20. The highest BCUT2D eigenvalue weighted by Gasteiger charge is 2.03. The van der Waals surface area contributed by atoms with Gasteiger partial charge in [0, 0.05) is 13.6 Å². The summed E-state index contributed by atoms with van der Waals surface area (Å²) in [5.41, 5.74) is 0. The van der Waals surface area contributed by atoms with E-state index in [9.17, 15) is 4.79 Å². The summed E-state index contributed by atoms with van der Waals surface area (Å²) >= 11 is 0. The minimum Gasteiger partial charge on any atom is -0.359 e. The van der Waals surface area contributed by atoms with Gasteiger partial charge in [0.15, 0.2) is 7.98 Å². The zero-order chi connectivity index (χ0) is 7.98. The lowest BCUT2D eigenvalue weighted by Gasteiger charge is -2.15. The molecule has 0 aromatic heterocycles. The molecule has 0 saturated heterocycles. The van der Waals surface area contributed by atoms with E-state index in [0.29, 0.717) is 0 Å². The highest BCUT2D eigenvalue weighted by atomic mass is 16.2. The number of hydrogen-bond donors (Lipinski definition) is 1. The summed E-state index contributed by atoms with van der Waals surface area (Å²) < 4.78 is 0. The second kappa shape index (κ2) is 5.29. The number of carbonyl (C=O) groups excluding carboxylic acids is 1. The summed E-state index contributed by atoms with van der Waals surface area (Å²) in [6, 6.07) is 0. The van der Waals surface area contributed by atoms with Crippen LogP contribution in [-0.2, 0) is 4.79 Å². The predicted molar refractivity (Wildman–Crippen MR) is 41.7 cm³/mol. The Labute approximate surface area is 63.2 Å². The van der Waals surface area contributed by atoms with E-state index >= 15 is 0 Å². The van der Waals surface area contributed by atoms with Crippen molar-refractivity contribution in [3.8, 4) is 0 Å². The van der Waals surface area contributed by atoms with Crippen LogP contribution in [0.5, 0.6) is 0 Å². The molecule has 0 unspecified atom stereocenters. The lowest BCUT2D eigenvalue weighted by Crippen LogP contribution is -2.34. The first-order valence-electron chi connectivity index (χ1n) is 3.39. The molecule has 2 radical (unpaired) electrons. The third kappa shape index (κ3) is 3.51. The number of hydrogen-bond acceptors (Lipinski definition) is 2. The first-order chi connectivity index (χ1) is 4.72. The average molecular weight is 140 g/mol. The Bertz CT molecular complexity index is 108. The molecule has 0 aliphatic rings. The minimum absolute atomic E-state index is 0.0318. The van der Waals surface area contributed by atoms with Crippen LogP contribution in [0.3, 0.4) is 0 Å². The molecule has 10 heavy (non-hydrogen) atoms. The van der Waals surface area contributed by atoms with Crippen LogP contribution in [-0.4, -0.2) is 38.9 Å². The minimum atomic E-state index is 0.0318. The quantitative estimate of drug-likeness (QED) is 0.535. The number of carbonyl (C=O) groups is 1. The van der Waals surface area contributed by atoms with Gasteiger partial charge in [-0.15, -0.1) is 0 Å². The molecule has 0 aromatic carbocycles. The predicted octanol–water partition coefficient (Wildman–Crippen LogP) is -0.472. The van der Waals surface area contributed by atoms with Crippen molar-refractivity contribution in [1.82, 2.24) is 10.1 Å². The maximum Gasteiger partial charge on any atom is 0.235 e. The maximum absolute atomic E-state index is 10.9. The summed E-state index contributed by atoms with van der Waals surface area (Å²) in [7, 11) is 6.73. The van der Waals surface area contributed by atoms with Crippen molar-refractivity contribution in [2.75, 3.05) is 20.1 Å². The van der Waals surface area contributed by atoms with Crippen LogP contribution < -0.4 is 5.23 Å². The van der Waals surface area contributed by atoms with Crippen LogP contribution in [0.1, 0.15) is 13.3 Å². The molecular formula is C6H13BN2O. The van der Waals surface area contributed by atoms with E-state index in [1.807, 2.05) is 6.92 Å². The molecule has 1 N–H and O–H groups in total. The molecule has 56 valence electrons. The van der Waals surface area contributed by atoms with E-state index in [-0.39, 0.29) is 12.5 Å². The molecule has 0 fully saturated rings. The van der Waals surface area contributed by atoms with Crippen molar-refractivity contribution in [3.05, 3.63) is 0 Å². The number of nitrogens with zero attached hydrogens (tertiary/aromatic N) is 1. The lowest BCUT2D eigenvalue weighted by atomic mass is 10.3. The van der Waals surface area contributed by atoms with Gasteiger partial charge in [0.1, 0.15) is 0 Å². The van der Waals surface area contributed by atoms with Crippen molar-refractivity contribution in [2.24, 2.45) is 0 Å². The van der Waals surface area contributed by atoms with Crippen LogP contribution in [0.2, 0.25) is 0 Å². The third-order valence-electron chi connectivity index (χ3n) is 1.24. The van der Waals surface area contributed by atoms with Crippen LogP contribution in [0.15, 0.2) is 0 Å². The Kier molecular flexibility index (Phi) is 5.03. The molecule has 1 amide bonds. The van der Waals surface area contributed by atoms with Crippen LogP contribution in [0, 0.1) is 0 Å². The molecule has 0 aliphatic heterocycles. The molecule has 0 spiro atoms. The van der Waals surface area contributed by atoms with Gasteiger partial charge in [0.25, 0.3) is 0 Å². The summed E-state index contributed by atoms with van der Waals surface area (Å²) in [6.07, 6.45) is 0.979. The average Bonchev–Trinajstić information content (AvgIpc) is 1.89. The molecule has 4 heteroatoms. The Morgan fingerprint density at radius 1 is 1.70 bits per heavy atom. The fourth-order valence-corrected chi connectivity index (χ4v) is 0.682. The molecule has 0 bridgehead atoms. The van der Waals surface area contributed by atoms with E-state index < -0.39 is 0 Å². The first-order valence-corrected chi connectivity index (χ1v) is 3.39. The maximum atomic E-state index is 10.9. The van der Waals surface area contributed by atoms with Gasteiger partial charge in [-0.1, -0.05) is 6.92 Å². The van der Waals surface area contributed by atoms with Gasteiger partial charge in [0.2, 0.25) is 5.91 Å². The van der Waals surface area contributed by atoms with E-state index in [1.165, 1.54) is 0 Å². The van der Waals surface area contributed by atoms with Crippen molar-refractivity contribution in [1.29, 1.82) is 0 Å². The van der Waals surface area contributed by atoms with E-state index in [0.717, 1.165) is 13.0 Å². The Morgan fingerprint density at radius 2 is 2.30 bits per heavy atom. The van der Waals surface area contributed by atoms with Gasteiger partial charge in [-0.2, -0.15) is 0 Å². The van der Waals surface area contributed by atoms with Gasteiger partial charge in [-0.3, -0.25) is 4.79 Å². The van der Waals surface area contributed by atoms with Crippen LogP contribution in [0.25, 0.3) is 0 Å². The van der Waals surface area contributed by atoms with Crippen molar-refractivity contribution < 1.29 is 4.79 Å². The highest BCUT2D eigenvalue weighted by molar-refractivity contribution is 6.05. The van der Waals surface area contributed by atoms with E-state index in [1.54, 1.807) is 11.9 Å². The molecule has 0 aromatic rings. The molecule has 0 atom stereocenters. The monoisotopic (exact) mass is 140 g/mol. The fourth-order valence-electron chi connectivity index (χ4n) is 0.682. The number of likely N-dealkylation sites (N-methyl/N-ethyl adjacent to an activating group) is 1. The van der Waals surface area contributed by atoms with E-state index in [4.69, 9.17) is 7.98 Å². The third-order valence-corrected chi connectivity index (χ3v) is 1.24. The number of amides is 1. The zero-order valence-corrected chi connectivity index (χ0v) is 6.55. The summed E-state index contributed by atoms with van der Waals surface area (Å²) in [5.74, 6) is 0.0318. The van der Waals surface area contributed by atoms with Gasteiger partial charge < -0.3 is 10.1 Å². The Balaban J connectivity index is 3.49. The highest BCUT2D eigenvalue weighted by Crippen LogP contribution is 1.85. The van der Waals surface area contributed by atoms with Gasteiger partial charge >= 0.3 is 0 Å². The van der Waals surface area contributed by atoms with Crippen LogP contribution in [0.4, 0.5) is 0 Å². The van der Waals surface area contributed by atoms with Crippen molar-refractivity contribution in [3.63, 3.8) is 0 Å². The number of nitrogens with one attached hydrogen (secondary N) is 1. The summed E-state index contributed by atoms with van der Waals surface area (Å²) in [4.78, 5) is 12.6. The molecule has 0 heterocycles. The first kappa shape index (κ1) is 9.49. The Hall–Kier alpha value is -0.505. The second-order valence-electron chi connectivity index (χ2n) is 2.20. The van der Waals surface area contributed by atoms with Gasteiger partial charge in [0.05, 0.1) is 6.54 Å². The van der Waals surface area contributed by atoms with Crippen LogP contribution >= 0.6 is 0 Å². The van der Waals surface area contributed by atoms with Crippen molar-refractivity contribution >= 4 is 13.9 Å². The zero-order valence-electron chi connectivity index (χ0n) is 6.55. The standard InChI is InChI=1S/C6H13BN2O/c1-3-4-9(2)6(10)5-8-7/h8H,3-5H2,1-2H3. The molecular weight excluding hydrogens is 127 g/mol. The van der Waals surface area contributed by atoms with Gasteiger partial charge in [-0.05, 0) is 6.42 Å². The molecule has 0 saturated carbocycles. The smallest absolute Gasteiger partial charge is 0.235 e. The number of rotatable bonds is 4. The van der Waals surface area contributed by atoms with Crippen molar-refractivity contribution in [2.45, 2.75) is 13.3 Å². The summed E-state index contributed by atoms with van der Waals surface area (Å²) in [5, 5.41) is 2.32. The van der Waals surface area contributed by atoms with Gasteiger partial charge in [-0.25, -0.2) is 0 Å². The lowest BCUT2D eigenvalue weighted by molar-refractivity contribution is -0.128. The summed E-state index contributed by atoms with van der Waals surface area (Å²) in [6.45, 7) is 3.04. The molecule has 0 rings (SSSR count). The normalized spacial score (nSPS) is 9.40. The fraction of sp³-hybridized carbons (Fsp3) is 0.833. The van der Waals surface area contributed by atoms with E-state index in [2.05, 4.69) is 5.23 Å². The SMILES string of the molecule is [B]NCC(=O)N(C)CCC. The molecule has 0 aliphatic carbocycles. The topological polar surface area (TPSA) is 32.3 Å².